The summed E-state index contributed by atoms with van der Waals surface area (Å²) in [5, 5.41) is 0. The molecule has 0 atom stereocenters. The standard InChI is InChI=1S/C14H10BrF3O4S/c1-23(19,20)11-5-3-10(4-6-11)21-12-7-2-9(15)8-13(12)22-14(16,17)18/h2-8H,1H3. The highest BCUT2D eigenvalue weighted by molar-refractivity contribution is 9.10. The maximum absolute atomic E-state index is 12.4. The van der Waals surface area contributed by atoms with Crippen LogP contribution in [0.4, 0.5) is 13.2 Å². The molecule has 124 valence electrons. The number of halogens is 4. The second-order valence-corrected chi connectivity index (χ2v) is 7.42. The van der Waals surface area contributed by atoms with Crippen LogP contribution >= 0.6 is 15.9 Å². The highest BCUT2D eigenvalue weighted by atomic mass is 79.9. The van der Waals surface area contributed by atoms with Crippen molar-refractivity contribution in [2.24, 2.45) is 0 Å². The predicted molar refractivity (Wildman–Crippen MR) is 80.5 cm³/mol. The Hall–Kier alpha value is -1.74. The van der Waals surface area contributed by atoms with Gasteiger partial charge in [-0.25, -0.2) is 8.42 Å². The van der Waals surface area contributed by atoms with E-state index >= 15 is 0 Å². The van der Waals surface area contributed by atoms with Crippen LogP contribution in [0, 0.1) is 0 Å². The van der Waals surface area contributed by atoms with Gasteiger partial charge in [0.2, 0.25) is 0 Å². The summed E-state index contributed by atoms with van der Waals surface area (Å²) in [7, 11) is -3.37. The lowest BCUT2D eigenvalue weighted by Gasteiger charge is -2.14. The smallest absolute Gasteiger partial charge is 0.453 e. The summed E-state index contributed by atoms with van der Waals surface area (Å²) in [6, 6.07) is 9.19. The van der Waals surface area contributed by atoms with Gasteiger partial charge in [-0.3, -0.25) is 0 Å². The van der Waals surface area contributed by atoms with E-state index in [9.17, 15) is 21.6 Å². The van der Waals surface area contributed by atoms with Crippen molar-refractivity contribution in [2.75, 3.05) is 6.26 Å². The SMILES string of the molecule is CS(=O)(=O)c1ccc(Oc2ccc(Br)cc2OC(F)(F)F)cc1. The van der Waals surface area contributed by atoms with Crippen LogP contribution in [0.1, 0.15) is 0 Å². The lowest BCUT2D eigenvalue weighted by Crippen LogP contribution is -2.17. The molecule has 0 saturated heterocycles. The third kappa shape index (κ3) is 5.14. The fourth-order valence-corrected chi connectivity index (χ4v) is 2.62. The van der Waals surface area contributed by atoms with Crippen LogP contribution in [0.25, 0.3) is 0 Å². The average Bonchev–Trinajstić information content (AvgIpc) is 2.40. The van der Waals surface area contributed by atoms with Gasteiger partial charge in [0.1, 0.15) is 5.75 Å². The topological polar surface area (TPSA) is 52.6 Å². The number of ether oxygens (including phenoxy) is 2. The van der Waals surface area contributed by atoms with Gasteiger partial charge in [-0.2, -0.15) is 0 Å². The van der Waals surface area contributed by atoms with E-state index in [2.05, 4.69) is 20.7 Å². The molecule has 4 nitrogen and oxygen atoms in total. The van der Waals surface area contributed by atoms with Crippen LogP contribution in [-0.4, -0.2) is 21.0 Å². The van der Waals surface area contributed by atoms with E-state index in [1.807, 2.05) is 0 Å². The second kappa shape index (κ2) is 6.40. The van der Waals surface area contributed by atoms with Gasteiger partial charge >= 0.3 is 6.36 Å². The van der Waals surface area contributed by atoms with Crippen LogP contribution in [-0.2, 0) is 9.84 Å². The van der Waals surface area contributed by atoms with Gasteiger partial charge in [0.25, 0.3) is 0 Å². The molecule has 0 aliphatic heterocycles. The Balaban J connectivity index is 2.29. The summed E-state index contributed by atoms with van der Waals surface area (Å²) < 4.78 is 69.6. The third-order valence-electron chi connectivity index (χ3n) is 2.61. The summed E-state index contributed by atoms with van der Waals surface area (Å²) in [6.45, 7) is 0. The first-order chi connectivity index (χ1) is 10.5. The molecule has 0 aromatic heterocycles. The first-order valence-corrected chi connectivity index (χ1v) is 8.76. The van der Waals surface area contributed by atoms with Crippen molar-refractivity contribution in [3.05, 3.63) is 46.9 Å². The highest BCUT2D eigenvalue weighted by Crippen LogP contribution is 2.37. The van der Waals surface area contributed by atoms with Crippen LogP contribution in [0.5, 0.6) is 17.2 Å². The van der Waals surface area contributed by atoms with Gasteiger partial charge in [-0.05, 0) is 42.5 Å². The normalized spacial score (nSPS) is 12.0. The molecule has 23 heavy (non-hydrogen) atoms. The van der Waals surface area contributed by atoms with E-state index < -0.39 is 21.9 Å². The van der Waals surface area contributed by atoms with Gasteiger partial charge in [0.15, 0.2) is 21.3 Å². The molecule has 0 unspecified atom stereocenters. The van der Waals surface area contributed by atoms with Gasteiger partial charge in [-0.15, -0.1) is 13.2 Å². The summed E-state index contributed by atoms with van der Waals surface area (Å²) >= 11 is 3.05. The number of sulfone groups is 1. The summed E-state index contributed by atoms with van der Waals surface area (Å²) in [6.07, 6.45) is -3.81. The molecule has 0 spiro atoms. The Morgan fingerprint density at radius 2 is 1.61 bits per heavy atom. The zero-order chi connectivity index (χ0) is 17.3. The van der Waals surface area contributed by atoms with Crippen molar-refractivity contribution >= 4 is 25.8 Å². The zero-order valence-electron chi connectivity index (χ0n) is 11.6. The first-order valence-electron chi connectivity index (χ1n) is 6.08. The van der Waals surface area contributed by atoms with E-state index in [0.29, 0.717) is 4.47 Å². The maximum atomic E-state index is 12.4. The minimum atomic E-state index is -4.86. The monoisotopic (exact) mass is 410 g/mol. The van der Waals surface area contributed by atoms with Crippen LogP contribution < -0.4 is 9.47 Å². The molecule has 0 aliphatic carbocycles. The first kappa shape index (κ1) is 17.6. The van der Waals surface area contributed by atoms with Crippen molar-refractivity contribution in [3.63, 3.8) is 0 Å². The molecular weight excluding hydrogens is 401 g/mol. The number of alkyl halides is 3. The summed E-state index contributed by atoms with van der Waals surface area (Å²) in [4.78, 5) is 0.0763. The fraction of sp³-hybridized carbons (Fsp3) is 0.143. The Kier molecular flexibility index (Phi) is 4.90. The largest absolute Gasteiger partial charge is 0.573 e. The van der Waals surface area contributed by atoms with Gasteiger partial charge < -0.3 is 9.47 Å². The fourth-order valence-electron chi connectivity index (χ4n) is 1.65. The van der Waals surface area contributed by atoms with Crippen LogP contribution in [0.3, 0.4) is 0 Å². The molecule has 2 aromatic carbocycles. The Labute approximate surface area is 138 Å². The number of benzene rings is 2. The average molecular weight is 411 g/mol. The molecule has 0 saturated carbocycles. The molecule has 0 heterocycles. The van der Waals surface area contributed by atoms with Gasteiger partial charge in [0.05, 0.1) is 4.90 Å². The molecule has 0 bridgehead atoms. The van der Waals surface area contributed by atoms with E-state index in [-0.39, 0.29) is 16.4 Å². The summed E-state index contributed by atoms with van der Waals surface area (Å²) in [5.74, 6) is -0.497. The van der Waals surface area contributed by atoms with Crippen molar-refractivity contribution < 1.29 is 31.1 Å². The highest BCUT2D eigenvalue weighted by Gasteiger charge is 2.32. The Morgan fingerprint density at radius 3 is 2.13 bits per heavy atom. The molecule has 2 aromatic rings. The second-order valence-electron chi connectivity index (χ2n) is 4.48. The molecule has 0 amide bonds. The lowest BCUT2D eigenvalue weighted by molar-refractivity contribution is -0.275. The van der Waals surface area contributed by atoms with Crippen molar-refractivity contribution in [2.45, 2.75) is 11.3 Å². The molecule has 0 N–H and O–H groups in total. The lowest BCUT2D eigenvalue weighted by atomic mass is 10.3. The number of rotatable bonds is 4. The molecule has 0 aliphatic rings. The van der Waals surface area contributed by atoms with Crippen LogP contribution in [0.15, 0.2) is 51.8 Å². The minimum Gasteiger partial charge on any atom is -0.453 e. The van der Waals surface area contributed by atoms with E-state index in [4.69, 9.17) is 4.74 Å². The number of hydrogen-bond donors (Lipinski definition) is 0. The van der Waals surface area contributed by atoms with Gasteiger partial charge in [-0.1, -0.05) is 15.9 Å². The number of hydrogen-bond acceptors (Lipinski definition) is 4. The maximum Gasteiger partial charge on any atom is 0.573 e. The zero-order valence-corrected chi connectivity index (χ0v) is 14.0. The predicted octanol–water partition coefficient (Wildman–Crippen LogP) is 4.54. The molecule has 2 rings (SSSR count). The molecule has 0 radical (unpaired) electrons. The minimum absolute atomic E-state index is 0.0763. The summed E-state index contributed by atoms with van der Waals surface area (Å²) in [5.41, 5.74) is 0. The quantitative estimate of drug-likeness (QED) is 0.741. The van der Waals surface area contributed by atoms with Crippen molar-refractivity contribution in [3.8, 4) is 17.2 Å². The van der Waals surface area contributed by atoms with E-state index in [1.54, 1.807) is 0 Å². The van der Waals surface area contributed by atoms with Gasteiger partial charge in [0, 0.05) is 10.7 Å². The van der Waals surface area contributed by atoms with E-state index in [1.165, 1.54) is 36.4 Å². The Morgan fingerprint density at radius 1 is 1.00 bits per heavy atom. The molecule has 9 heteroatoms. The third-order valence-corrected chi connectivity index (χ3v) is 4.23. The van der Waals surface area contributed by atoms with Crippen molar-refractivity contribution in [1.82, 2.24) is 0 Å². The molecule has 0 fully saturated rings. The van der Waals surface area contributed by atoms with E-state index in [0.717, 1.165) is 12.3 Å². The van der Waals surface area contributed by atoms with Crippen LogP contribution in [0.2, 0.25) is 0 Å². The van der Waals surface area contributed by atoms with Crippen molar-refractivity contribution in [1.29, 1.82) is 0 Å². The molecular formula is C14H10BrF3O4S. The Bertz CT molecular complexity index is 802.